The summed E-state index contributed by atoms with van der Waals surface area (Å²) in [4.78, 5) is 0.191. The van der Waals surface area contributed by atoms with Crippen molar-refractivity contribution >= 4 is 27.3 Å². The van der Waals surface area contributed by atoms with Crippen LogP contribution in [0.3, 0.4) is 0 Å². The van der Waals surface area contributed by atoms with Crippen LogP contribution in [0.5, 0.6) is 0 Å². The van der Waals surface area contributed by atoms with E-state index in [1.807, 2.05) is 18.4 Å². The largest absolute Gasteiger partial charge is 0.346 e. The molecule has 114 valence electrons. The van der Waals surface area contributed by atoms with Gasteiger partial charge < -0.3 is 10.3 Å². The third-order valence-electron chi connectivity index (χ3n) is 3.06. The number of aromatic nitrogens is 1. The molecule has 0 atom stereocenters. The first-order valence-electron chi connectivity index (χ1n) is 6.52. The van der Waals surface area contributed by atoms with Crippen LogP contribution in [-0.4, -0.2) is 13.0 Å². The van der Waals surface area contributed by atoms with Gasteiger partial charge in [0.1, 0.15) is 4.90 Å². The molecule has 5 nitrogen and oxygen atoms in total. The highest BCUT2D eigenvalue weighted by Crippen LogP contribution is 2.22. The molecule has 0 aliphatic heterocycles. The molecule has 0 fully saturated rings. The van der Waals surface area contributed by atoms with Crippen LogP contribution in [-0.2, 0) is 16.6 Å². The fourth-order valence-corrected chi connectivity index (χ4v) is 3.34. The van der Waals surface area contributed by atoms with Crippen molar-refractivity contribution in [1.29, 1.82) is 0 Å². The fourth-order valence-electron chi connectivity index (χ4n) is 2.05. The van der Waals surface area contributed by atoms with Crippen molar-refractivity contribution in [2.24, 2.45) is 5.73 Å². The Kier molecular flexibility index (Phi) is 4.61. The molecular weight excluding hydrogens is 310 g/mol. The fraction of sp³-hybridized carbons (Fsp3) is 0.286. The highest BCUT2D eigenvalue weighted by Gasteiger charge is 2.19. The van der Waals surface area contributed by atoms with E-state index in [1.165, 1.54) is 0 Å². The van der Waals surface area contributed by atoms with Crippen LogP contribution in [0.25, 0.3) is 0 Å². The summed E-state index contributed by atoms with van der Waals surface area (Å²) in [6, 6.07) is 8.30. The molecule has 7 heteroatoms. The second-order valence-electron chi connectivity index (χ2n) is 4.99. The predicted molar refractivity (Wildman–Crippen MR) is 85.0 cm³/mol. The highest BCUT2D eigenvalue weighted by molar-refractivity contribution is 7.92. The van der Waals surface area contributed by atoms with E-state index < -0.39 is 10.0 Å². The molecule has 1 aromatic carbocycles. The Morgan fingerprint density at radius 3 is 2.57 bits per heavy atom. The molecule has 1 heterocycles. The van der Waals surface area contributed by atoms with Gasteiger partial charge in [-0.25, -0.2) is 8.42 Å². The first kappa shape index (κ1) is 15.9. The lowest BCUT2D eigenvalue weighted by atomic mass is 10.3. The van der Waals surface area contributed by atoms with Gasteiger partial charge in [-0.15, -0.1) is 0 Å². The maximum absolute atomic E-state index is 12.4. The van der Waals surface area contributed by atoms with Crippen LogP contribution in [0, 0.1) is 0 Å². The second kappa shape index (κ2) is 6.09. The average Bonchev–Trinajstić information content (AvgIpc) is 2.83. The molecule has 0 saturated carbocycles. The lowest BCUT2D eigenvalue weighted by Crippen LogP contribution is -2.12. The molecule has 2 rings (SSSR count). The Bertz CT molecular complexity index is 738. The number of halogens is 1. The Morgan fingerprint density at radius 2 is 2.05 bits per heavy atom. The maximum atomic E-state index is 12.4. The van der Waals surface area contributed by atoms with Gasteiger partial charge in [0.25, 0.3) is 10.0 Å². The number of sulfonamides is 1. The van der Waals surface area contributed by atoms with E-state index in [9.17, 15) is 8.42 Å². The van der Waals surface area contributed by atoms with Crippen molar-refractivity contribution in [1.82, 2.24) is 4.57 Å². The van der Waals surface area contributed by atoms with Crippen LogP contribution in [0.2, 0.25) is 5.02 Å². The third-order valence-corrected chi connectivity index (χ3v) is 4.64. The SMILES string of the molecule is CC(C)n1cc(S(=O)(=O)Nc2cccc(Cl)c2)cc1CN. The molecule has 0 saturated heterocycles. The number of hydrogen-bond acceptors (Lipinski definition) is 3. The van der Waals surface area contributed by atoms with Gasteiger partial charge in [0.05, 0.1) is 5.69 Å². The van der Waals surface area contributed by atoms with Gasteiger partial charge in [-0.05, 0) is 38.1 Å². The Morgan fingerprint density at radius 1 is 1.33 bits per heavy atom. The van der Waals surface area contributed by atoms with Crippen molar-refractivity contribution < 1.29 is 8.42 Å². The summed E-state index contributed by atoms with van der Waals surface area (Å²) >= 11 is 5.86. The summed E-state index contributed by atoms with van der Waals surface area (Å²) in [5, 5.41) is 0.470. The maximum Gasteiger partial charge on any atom is 0.263 e. The van der Waals surface area contributed by atoms with Crippen LogP contribution < -0.4 is 10.5 Å². The summed E-state index contributed by atoms with van der Waals surface area (Å²) in [7, 11) is -3.66. The minimum atomic E-state index is -3.66. The van der Waals surface area contributed by atoms with Crippen molar-refractivity contribution in [2.75, 3.05) is 4.72 Å². The zero-order chi connectivity index (χ0) is 15.6. The van der Waals surface area contributed by atoms with Crippen LogP contribution in [0.1, 0.15) is 25.6 Å². The molecule has 0 aliphatic carbocycles. The van der Waals surface area contributed by atoms with Crippen LogP contribution >= 0.6 is 11.6 Å². The molecule has 0 bridgehead atoms. The molecule has 2 aromatic rings. The van der Waals surface area contributed by atoms with E-state index in [0.29, 0.717) is 10.7 Å². The summed E-state index contributed by atoms with van der Waals surface area (Å²) < 4.78 is 29.2. The lowest BCUT2D eigenvalue weighted by molar-refractivity contribution is 0.573. The van der Waals surface area contributed by atoms with E-state index in [2.05, 4.69) is 4.72 Å². The van der Waals surface area contributed by atoms with Gasteiger partial charge in [-0.3, -0.25) is 4.72 Å². The van der Waals surface area contributed by atoms with Gasteiger partial charge in [-0.2, -0.15) is 0 Å². The Balaban J connectivity index is 2.36. The monoisotopic (exact) mass is 327 g/mol. The number of anilines is 1. The molecular formula is C14H18ClN3O2S. The molecule has 21 heavy (non-hydrogen) atoms. The van der Waals surface area contributed by atoms with E-state index in [-0.39, 0.29) is 17.5 Å². The minimum absolute atomic E-state index is 0.138. The lowest BCUT2D eigenvalue weighted by Gasteiger charge is -2.10. The number of nitrogens with zero attached hydrogens (tertiary/aromatic N) is 1. The van der Waals surface area contributed by atoms with Gasteiger partial charge >= 0.3 is 0 Å². The first-order valence-corrected chi connectivity index (χ1v) is 8.39. The van der Waals surface area contributed by atoms with Crippen molar-refractivity contribution in [2.45, 2.75) is 31.3 Å². The van der Waals surface area contributed by atoms with Crippen LogP contribution in [0.15, 0.2) is 41.4 Å². The Labute approximate surface area is 129 Å². The van der Waals surface area contributed by atoms with Crippen molar-refractivity contribution in [3.05, 3.63) is 47.2 Å². The molecule has 0 radical (unpaired) electrons. The minimum Gasteiger partial charge on any atom is -0.346 e. The quantitative estimate of drug-likeness (QED) is 0.886. The molecule has 1 aromatic heterocycles. The highest BCUT2D eigenvalue weighted by atomic mass is 35.5. The number of rotatable bonds is 5. The predicted octanol–water partition coefficient (Wildman–Crippen LogP) is 2.98. The first-order chi connectivity index (χ1) is 9.83. The summed E-state index contributed by atoms with van der Waals surface area (Å²) in [6.45, 7) is 4.23. The standard InChI is InChI=1S/C14H18ClN3O2S/c1-10(2)18-9-14(7-13(18)8-16)21(19,20)17-12-5-3-4-11(15)6-12/h3-7,9-10,17H,8,16H2,1-2H3. The number of hydrogen-bond donors (Lipinski definition) is 2. The van der Waals surface area contributed by atoms with Gasteiger partial charge in [0.15, 0.2) is 0 Å². The normalized spacial score (nSPS) is 11.9. The number of nitrogens with two attached hydrogens (primary N) is 1. The Hall–Kier alpha value is -1.50. The molecule has 0 amide bonds. The van der Waals surface area contributed by atoms with Crippen LogP contribution in [0.4, 0.5) is 5.69 Å². The number of benzene rings is 1. The zero-order valence-corrected chi connectivity index (χ0v) is 13.4. The number of nitrogens with one attached hydrogen (secondary N) is 1. The second-order valence-corrected chi connectivity index (χ2v) is 7.11. The molecule has 0 spiro atoms. The van der Waals surface area contributed by atoms with E-state index in [4.69, 9.17) is 17.3 Å². The summed E-state index contributed by atoms with van der Waals surface area (Å²) in [6.07, 6.45) is 1.60. The van der Waals surface area contributed by atoms with Crippen molar-refractivity contribution in [3.8, 4) is 0 Å². The van der Waals surface area contributed by atoms with E-state index in [0.717, 1.165) is 5.69 Å². The molecule has 3 N–H and O–H groups in total. The summed E-state index contributed by atoms with van der Waals surface area (Å²) in [5.41, 5.74) is 6.86. The van der Waals surface area contributed by atoms with Gasteiger partial charge in [0.2, 0.25) is 0 Å². The zero-order valence-electron chi connectivity index (χ0n) is 11.9. The third kappa shape index (κ3) is 3.58. The van der Waals surface area contributed by atoms with E-state index >= 15 is 0 Å². The molecule has 0 unspecified atom stereocenters. The smallest absolute Gasteiger partial charge is 0.263 e. The summed E-state index contributed by atoms with van der Waals surface area (Å²) in [5.74, 6) is 0. The van der Waals surface area contributed by atoms with Gasteiger partial charge in [0, 0.05) is 29.5 Å². The topological polar surface area (TPSA) is 77.1 Å². The average molecular weight is 328 g/mol. The van der Waals surface area contributed by atoms with Crippen molar-refractivity contribution in [3.63, 3.8) is 0 Å². The molecule has 0 aliphatic rings. The van der Waals surface area contributed by atoms with E-state index in [1.54, 1.807) is 36.5 Å². The van der Waals surface area contributed by atoms with Gasteiger partial charge in [-0.1, -0.05) is 17.7 Å².